The van der Waals surface area contributed by atoms with Crippen LogP contribution < -0.4 is 16.4 Å². The Morgan fingerprint density at radius 3 is 2.52 bits per heavy atom. The summed E-state index contributed by atoms with van der Waals surface area (Å²) < 4.78 is 6.72. The molecule has 2 aromatic rings. The van der Waals surface area contributed by atoms with E-state index < -0.39 is 11.2 Å². The van der Waals surface area contributed by atoms with Gasteiger partial charge in [0, 0.05) is 12.5 Å². The van der Waals surface area contributed by atoms with E-state index >= 15 is 0 Å². The minimum atomic E-state index is -0.806. The minimum absolute atomic E-state index is 0. The molecule has 1 aromatic carbocycles. The number of carbonyl (C=O) groups is 2. The molecule has 4 nitrogen and oxygen atoms in total. The van der Waals surface area contributed by atoms with E-state index in [4.69, 9.17) is 4.74 Å². The molecule has 0 bridgehead atoms. The van der Waals surface area contributed by atoms with Crippen LogP contribution in [-0.2, 0) is 21.4 Å². The van der Waals surface area contributed by atoms with Crippen LogP contribution in [0, 0.1) is 0 Å². The van der Waals surface area contributed by atoms with Crippen molar-refractivity contribution in [3.05, 3.63) is 36.4 Å². The molecular weight excluding hydrogens is 354 g/mol. The molecule has 0 saturated carbocycles. The van der Waals surface area contributed by atoms with E-state index in [-0.39, 0.29) is 18.2 Å². The zero-order valence-corrected chi connectivity index (χ0v) is 15.5. The first kappa shape index (κ1) is 19.7. The second-order valence-corrected chi connectivity index (χ2v) is 6.94. The summed E-state index contributed by atoms with van der Waals surface area (Å²) in [5.41, 5.74) is 1.12. The fraction of sp³-hybridized carbons (Fsp3) is 0.312. The van der Waals surface area contributed by atoms with Crippen LogP contribution in [0.4, 0.5) is 0 Å². The normalized spacial score (nSPS) is 11.4. The lowest BCUT2D eigenvalue weighted by Crippen LogP contribution is -3.00. The number of thioether (sulfide) groups is 1. The third kappa shape index (κ3) is 4.80. The van der Waals surface area contributed by atoms with Crippen molar-refractivity contribution in [1.29, 1.82) is 0 Å². The van der Waals surface area contributed by atoms with Gasteiger partial charge in [-0.2, -0.15) is 0 Å². The molecular formula is C16H18ClNO3S2. The van der Waals surface area contributed by atoms with E-state index in [9.17, 15) is 9.59 Å². The number of hydrogen-bond donors (Lipinski definition) is 0. The minimum Gasteiger partial charge on any atom is -1.00 e. The number of methoxy groups -OCH3 is 1. The van der Waals surface area contributed by atoms with E-state index in [2.05, 4.69) is 0 Å². The number of ketones is 1. The Balaban J connectivity index is 0.00000264. The maximum Gasteiger partial charge on any atom is 0.327 e. The highest BCUT2D eigenvalue weighted by atomic mass is 35.5. The maximum atomic E-state index is 12.0. The number of benzene rings is 1. The number of halogens is 1. The average Bonchev–Trinajstić information content (AvgIpc) is 2.93. The molecule has 0 spiro atoms. The predicted molar refractivity (Wildman–Crippen MR) is 87.9 cm³/mol. The summed E-state index contributed by atoms with van der Waals surface area (Å²) >= 11 is 2.83. The Morgan fingerprint density at radius 2 is 1.96 bits per heavy atom. The number of carbonyl (C=O) groups excluding carboxylic acids is 2. The molecule has 0 amide bonds. The summed E-state index contributed by atoms with van der Waals surface area (Å²) in [5.74, 6) is -0.617. The Morgan fingerprint density at radius 1 is 1.30 bits per heavy atom. The molecule has 1 heterocycles. The van der Waals surface area contributed by atoms with Gasteiger partial charge in [0.2, 0.25) is 0 Å². The second-order valence-electron chi connectivity index (χ2n) is 4.64. The van der Waals surface area contributed by atoms with Gasteiger partial charge in [-0.25, -0.2) is 0 Å². The summed E-state index contributed by atoms with van der Waals surface area (Å²) in [6, 6.07) is 12.0. The first-order chi connectivity index (χ1) is 10.6. The number of ether oxygens (including phenoxy) is 1. The number of nitrogens with zero attached hydrogens (tertiary/aromatic N) is 1. The molecule has 0 saturated heterocycles. The molecule has 1 aromatic heterocycles. The van der Waals surface area contributed by atoms with Gasteiger partial charge in [0.1, 0.15) is 16.4 Å². The van der Waals surface area contributed by atoms with E-state index in [1.807, 2.05) is 47.4 Å². The molecule has 7 heteroatoms. The van der Waals surface area contributed by atoms with Gasteiger partial charge >= 0.3 is 5.97 Å². The summed E-state index contributed by atoms with van der Waals surface area (Å²) in [4.78, 5) is 24.9. The van der Waals surface area contributed by atoms with Crippen molar-refractivity contribution in [1.82, 2.24) is 0 Å². The smallest absolute Gasteiger partial charge is 0.327 e. The number of hydrogen-bond acceptors (Lipinski definition) is 5. The summed E-state index contributed by atoms with van der Waals surface area (Å²) in [6.07, 6.45) is 0.312. The molecule has 1 unspecified atom stereocenters. The van der Waals surface area contributed by atoms with E-state index in [0.717, 1.165) is 15.5 Å². The molecule has 2 rings (SSSR count). The van der Waals surface area contributed by atoms with E-state index in [0.29, 0.717) is 6.42 Å². The molecule has 0 fully saturated rings. The Bertz CT molecular complexity index is 657. The Hall–Kier alpha value is -1.37. The first-order valence-corrected chi connectivity index (χ1v) is 8.55. The standard InChI is InChI=1S/C16H18NO3S2.ClH/c1-4-12(18)15(16(19)20-3)21-14-10-13(22-17(14)2)11-8-6-5-7-9-11;/h5-10,15H,4H2,1-3H3;1H/q+1;/p-1. The van der Waals surface area contributed by atoms with Crippen LogP contribution in [0.25, 0.3) is 10.4 Å². The summed E-state index contributed by atoms with van der Waals surface area (Å²) in [5, 5.41) is 0.0699. The third-order valence-corrected chi connectivity index (χ3v) is 5.61. The average molecular weight is 372 g/mol. The van der Waals surface area contributed by atoms with E-state index in [1.165, 1.54) is 18.9 Å². The fourth-order valence-corrected chi connectivity index (χ4v) is 4.15. The highest BCUT2D eigenvalue weighted by Crippen LogP contribution is 2.30. The first-order valence-electron chi connectivity index (χ1n) is 6.89. The van der Waals surface area contributed by atoms with Crippen molar-refractivity contribution in [2.75, 3.05) is 7.11 Å². The lowest BCUT2D eigenvalue weighted by Gasteiger charge is -2.09. The van der Waals surface area contributed by atoms with Crippen molar-refractivity contribution in [2.45, 2.75) is 23.6 Å². The Kier molecular flexibility index (Phi) is 7.75. The van der Waals surface area contributed by atoms with Crippen LogP contribution in [0.3, 0.4) is 0 Å². The van der Waals surface area contributed by atoms with Crippen LogP contribution in [0.1, 0.15) is 13.3 Å². The van der Waals surface area contributed by atoms with Gasteiger partial charge in [0.05, 0.1) is 7.11 Å². The SMILES string of the molecule is CCC(=O)C(Sc1cc(-c2ccccc2)s[n+]1C)C(=O)OC.[Cl-]. The van der Waals surface area contributed by atoms with Crippen LogP contribution in [-0.4, -0.2) is 24.1 Å². The highest BCUT2D eigenvalue weighted by Gasteiger charge is 2.31. The number of Topliss-reactive ketones (excluding diaryl/α,β-unsaturated/α-hetero) is 1. The zero-order valence-electron chi connectivity index (χ0n) is 13.1. The van der Waals surface area contributed by atoms with Crippen LogP contribution in [0.2, 0.25) is 0 Å². The number of aromatic nitrogens is 1. The molecule has 0 aliphatic rings. The van der Waals surface area contributed by atoms with Crippen molar-refractivity contribution >= 4 is 35.0 Å². The van der Waals surface area contributed by atoms with Gasteiger partial charge < -0.3 is 17.1 Å². The van der Waals surface area contributed by atoms with Gasteiger partial charge in [-0.3, -0.25) is 9.59 Å². The van der Waals surface area contributed by atoms with Gasteiger partial charge in [-0.15, -0.1) is 3.96 Å². The molecule has 23 heavy (non-hydrogen) atoms. The van der Waals surface area contributed by atoms with Gasteiger partial charge in [-0.1, -0.05) is 37.3 Å². The van der Waals surface area contributed by atoms with Crippen LogP contribution in [0.15, 0.2) is 41.4 Å². The Labute approximate surface area is 150 Å². The molecule has 1 atom stereocenters. The second kappa shape index (κ2) is 9.05. The summed E-state index contributed by atoms with van der Waals surface area (Å²) in [6.45, 7) is 1.75. The van der Waals surface area contributed by atoms with Gasteiger partial charge in [0.15, 0.2) is 18.1 Å². The fourth-order valence-electron chi connectivity index (χ4n) is 1.93. The van der Waals surface area contributed by atoms with Crippen molar-refractivity contribution in [3.63, 3.8) is 0 Å². The van der Waals surface area contributed by atoms with Crippen molar-refractivity contribution < 1.29 is 30.7 Å². The quantitative estimate of drug-likeness (QED) is 0.307. The number of rotatable bonds is 6. The summed E-state index contributed by atoms with van der Waals surface area (Å²) in [7, 11) is 3.23. The molecule has 0 N–H and O–H groups in total. The molecule has 124 valence electrons. The monoisotopic (exact) mass is 371 g/mol. The van der Waals surface area contributed by atoms with Crippen LogP contribution in [0.5, 0.6) is 0 Å². The van der Waals surface area contributed by atoms with Crippen LogP contribution >= 0.6 is 23.3 Å². The number of aryl methyl sites for hydroxylation is 1. The van der Waals surface area contributed by atoms with Gasteiger partial charge in [0.25, 0.3) is 5.03 Å². The zero-order chi connectivity index (χ0) is 16.1. The lowest BCUT2D eigenvalue weighted by molar-refractivity contribution is -0.640. The predicted octanol–water partition coefficient (Wildman–Crippen LogP) is -0.144. The third-order valence-electron chi connectivity index (χ3n) is 3.15. The largest absolute Gasteiger partial charge is 1.00 e. The molecule has 0 aliphatic heterocycles. The van der Waals surface area contributed by atoms with Crippen molar-refractivity contribution in [2.24, 2.45) is 7.05 Å². The topological polar surface area (TPSA) is 47.2 Å². The number of esters is 1. The van der Waals surface area contributed by atoms with E-state index in [1.54, 1.807) is 18.5 Å². The maximum absolute atomic E-state index is 12.0. The highest BCUT2D eigenvalue weighted by molar-refractivity contribution is 8.01. The lowest BCUT2D eigenvalue weighted by atomic mass is 10.2. The van der Waals surface area contributed by atoms with Gasteiger partial charge in [-0.05, 0) is 17.3 Å². The molecule has 0 radical (unpaired) electrons. The molecule has 0 aliphatic carbocycles. The van der Waals surface area contributed by atoms with Crippen molar-refractivity contribution in [3.8, 4) is 10.4 Å².